The van der Waals surface area contributed by atoms with Gasteiger partial charge in [0.2, 0.25) is 0 Å². The van der Waals surface area contributed by atoms with Crippen molar-refractivity contribution in [2.75, 3.05) is 0 Å². The van der Waals surface area contributed by atoms with E-state index in [0.29, 0.717) is 6.54 Å². The molecular weight excluding hydrogens is 130 g/mol. The molecule has 0 radical (unpaired) electrons. The Morgan fingerprint density at radius 3 is 3.10 bits per heavy atom. The van der Waals surface area contributed by atoms with E-state index in [1.807, 2.05) is 6.92 Å². The number of nitriles is 1. The van der Waals surface area contributed by atoms with E-state index in [4.69, 9.17) is 5.26 Å². The predicted molar refractivity (Wildman–Crippen MR) is 32.6 cm³/mol. The van der Waals surface area contributed by atoms with Crippen molar-refractivity contribution in [2.24, 2.45) is 5.92 Å². The van der Waals surface area contributed by atoms with Crippen LogP contribution in [0.15, 0.2) is 6.33 Å². The number of hydrogen-bond donors (Lipinski definition) is 0. The van der Waals surface area contributed by atoms with Gasteiger partial charge in [0.1, 0.15) is 6.33 Å². The maximum Gasteiger partial charge on any atom is 0.138 e. The van der Waals surface area contributed by atoms with Gasteiger partial charge in [0.05, 0.1) is 18.5 Å². The van der Waals surface area contributed by atoms with E-state index in [1.165, 1.54) is 11.0 Å². The van der Waals surface area contributed by atoms with Crippen LogP contribution < -0.4 is 0 Å². The van der Waals surface area contributed by atoms with Crippen molar-refractivity contribution in [1.29, 1.82) is 5.26 Å². The third-order valence-corrected chi connectivity index (χ3v) is 1.07. The summed E-state index contributed by atoms with van der Waals surface area (Å²) in [4.78, 5) is 0. The van der Waals surface area contributed by atoms with Gasteiger partial charge in [-0.15, -0.1) is 5.10 Å². The summed E-state index contributed by atoms with van der Waals surface area (Å²) in [5.74, 6) is -0.0384. The molecule has 0 N–H and O–H groups in total. The largest absolute Gasteiger partial charge is 0.231 e. The minimum atomic E-state index is -0.0384. The van der Waals surface area contributed by atoms with E-state index < -0.39 is 0 Å². The Labute approximate surface area is 58.3 Å². The molecular formula is C5H7N5. The lowest BCUT2D eigenvalue weighted by Crippen LogP contribution is -2.05. The first-order valence-corrected chi connectivity index (χ1v) is 2.93. The molecule has 1 unspecified atom stereocenters. The summed E-state index contributed by atoms with van der Waals surface area (Å²) in [5, 5.41) is 18.9. The van der Waals surface area contributed by atoms with Crippen molar-refractivity contribution in [3.63, 3.8) is 0 Å². The molecule has 52 valence electrons. The maximum absolute atomic E-state index is 8.40. The van der Waals surface area contributed by atoms with E-state index in [0.717, 1.165) is 0 Å². The Morgan fingerprint density at radius 1 is 1.80 bits per heavy atom. The van der Waals surface area contributed by atoms with Crippen LogP contribution in [-0.4, -0.2) is 20.2 Å². The molecule has 0 aliphatic carbocycles. The van der Waals surface area contributed by atoms with E-state index in [9.17, 15) is 0 Å². The van der Waals surface area contributed by atoms with Gasteiger partial charge in [0, 0.05) is 0 Å². The van der Waals surface area contributed by atoms with Gasteiger partial charge in [0.15, 0.2) is 0 Å². The van der Waals surface area contributed by atoms with Gasteiger partial charge in [-0.25, -0.2) is 4.68 Å². The average molecular weight is 137 g/mol. The Hall–Kier alpha value is -1.44. The predicted octanol–water partition coefficient (Wildman–Crippen LogP) is -0.167. The van der Waals surface area contributed by atoms with Crippen LogP contribution >= 0.6 is 0 Å². The van der Waals surface area contributed by atoms with Crippen LogP contribution in [0.1, 0.15) is 6.92 Å². The molecule has 0 saturated carbocycles. The smallest absolute Gasteiger partial charge is 0.138 e. The first kappa shape index (κ1) is 6.68. The monoisotopic (exact) mass is 137 g/mol. The van der Waals surface area contributed by atoms with Crippen molar-refractivity contribution in [2.45, 2.75) is 13.5 Å². The van der Waals surface area contributed by atoms with Crippen molar-refractivity contribution >= 4 is 0 Å². The molecule has 0 aliphatic rings. The van der Waals surface area contributed by atoms with E-state index in [-0.39, 0.29) is 5.92 Å². The second kappa shape index (κ2) is 2.92. The summed E-state index contributed by atoms with van der Waals surface area (Å²) in [7, 11) is 0. The molecule has 1 aromatic rings. The molecule has 0 spiro atoms. The fourth-order valence-corrected chi connectivity index (χ4v) is 0.585. The fraction of sp³-hybridized carbons (Fsp3) is 0.600. The summed E-state index contributed by atoms with van der Waals surface area (Å²) >= 11 is 0. The van der Waals surface area contributed by atoms with Crippen molar-refractivity contribution in [3.05, 3.63) is 6.33 Å². The van der Waals surface area contributed by atoms with Gasteiger partial charge < -0.3 is 0 Å². The molecule has 1 atom stereocenters. The third-order valence-electron chi connectivity index (χ3n) is 1.07. The van der Waals surface area contributed by atoms with Gasteiger partial charge in [-0.1, -0.05) is 0 Å². The van der Waals surface area contributed by atoms with Crippen molar-refractivity contribution in [3.8, 4) is 6.07 Å². The molecule has 1 aromatic heterocycles. The highest BCUT2D eigenvalue weighted by Crippen LogP contribution is 1.93. The molecule has 10 heavy (non-hydrogen) atoms. The van der Waals surface area contributed by atoms with Gasteiger partial charge in [-0.2, -0.15) is 5.26 Å². The zero-order chi connectivity index (χ0) is 7.40. The van der Waals surface area contributed by atoms with Gasteiger partial charge >= 0.3 is 0 Å². The standard InChI is InChI=1S/C5H7N5/c1-5(2-6)3-10-4-7-8-9-10/h4-5H,3H2,1H3. The molecule has 5 nitrogen and oxygen atoms in total. The fourth-order valence-electron chi connectivity index (χ4n) is 0.585. The molecule has 0 amide bonds. The van der Waals surface area contributed by atoms with Gasteiger partial charge in [-0.05, 0) is 17.4 Å². The summed E-state index contributed by atoms with van der Waals surface area (Å²) in [6.07, 6.45) is 1.49. The van der Waals surface area contributed by atoms with Crippen LogP contribution in [0.4, 0.5) is 0 Å². The average Bonchev–Trinajstić information content (AvgIpc) is 2.40. The Bertz CT molecular complexity index is 221. The van der Waals surface area contributed by atoms with Crippen molar-refractivity contribution < 1.29 is 0 Å². The normalized spacial score (nSPS) is 12.4. The van der Waals surface area contributed by atoms with Crippen LogP contribution in [0, 0.1) is 17.2 Å². The number of aromatic nitrogens is 4. The lowest BCUT2D eigenvalue weighted by Gasteiger charge is -1.97. The number of tetrazole rings is 1. The highest BCUT2D eigenvalue weighted by Gasteiger charge is 2.00. The van der Waals surface area contributed by atoms with Gasteiger partial charge in [-0.3, -0.25) is 0 Å². The molecule has 0 saturated heterocycles. The van der Waals surface area contributed by atoms with Crippen LogP contribution in [0.3, 0.4) is 0 Å². The first-order valence-electron chi connectivity index (χ1n) is 2.93. The molecule has 0 aromatic carbocycles. The van der Waals surface area contributed by atoms with E-state index >= 15 is 0 Å². The second-order valence-electron chi connectivity index (χ2n) is 2.06. The Balaban J connectivity index is 2.50. The van der Waals surface area contributed by atoms with Crippen LogP contribution in [-0.2, 0) is 6.54 Å². The highest BCUT2D eigenvalue weighted by atomic mass is 15.5. The van der Waals surface area contributed by atoms with Crippen LogP contribution in [0.5, 0.6) is 0 Å². The highest BCUT2D eigenvalue weighted by molar-refractivity contribution is 4.77. The molecule has 5 heteroatoms. The van der Waals surface area contributed by atoms with Gasteiger partial charge in [0.25, 0.3) is 0 Å². The zero-order valence-electron chi connectivity index (χ0n) is 5.60. The Morgan fingerprint density at radius 2 is 2.60 bits per heavy atom. The third kappa shape index (κ3) is 1.52. The summed E-state index contributed by atoms with van der Waals surface area (Å²) in [6, 6.07) is 2.09. The second-order valence-corrected chi connectivity index (χ2v) is 2.06. The van der Waals surface area contributed by atoms with E-state index in [1.54, 1.807) is 0 Å². The van der Waals surface area contributed by atoms with Crippen molar-refractivity contribution in [1.82, 2.24) is 20.2 Å². The number of hydrogen-bond acceptors (Lipinski definition) is 4. The summed E-state index contributed by atoms with van der Waals surface area (Å²) in [5.41, 5.74) is 0. The summed E-state index contributed by atoms with van der Waals surface area (Å²) in [6.45, 7) is 2.38. The molecule has 0 aliphatic heterocycles. The molecule has 0 bridgehead atoms. The number of rotatable bonds is 2. The number of nitrogens with zero attached hydrogens (tertiary/aromatic N) is 5. The Kier molecular flexibility index (Phi) is 1.95. The first-order chi connectivity index (χ1) is 4.83. The minimum absolute atomic E-state index is 0.0384. The minimum Gasteiger partial charge on any atom is -0.231 e. The molecule has 1 heterocycles. The summed E-state index contributed by atoms with van der Waals surface area (Å²) < 4.78 is 1.54. The lowest BCUT2D eigenvalue weighted by molar-refractivity contribution is 0.513. The van der Waals surface area contributed by atoms with Crippen LogP contribution in [0.25, 0.3) is 0 Å². The van der Waals surface area contributed by atoms with E-state index in [2.05, 4.69) is 21.6 Å². The lowest BCUT2D eigenvalue weighted by atomic mass is 10.2. The molecule has 0 fully saturated rings. The molecule has 1 rings (SSSR count). The maximum atomic E-state index is 8.40. The van der Waals surface area contributed by atoms with Crippen LogP contribution in [0.2, 0.25) is 0 Å². The zero-order valence-corrected chi connectivity index (χ0v) is 5.60. The topological polar surface area (TPSA) is 67.4 Å². The SMILES string of the molecule is CC(C#N)Cn1cnnn1. The quantitative estimate of drug-likeness (QED) is 0.567.